The van der Waals surface area contributed by atoms with Gasteiger partial charge in [-0.3, -0.25) is 4.98 Å². The average Bonchev–Trinajstić information content (AvgIpc) is 3.03. The average molecular weight is 288 g/mol. The molecule has 0 saturated heterocycles. The first-order chi connectivity index (χ1) is 10.9. The Morgan fingerprint density at radius 1 is 0.955 bits per heavy atom. The second-order valence-corrected chi connectivity index (χ2v) is 5.47. The summed E-state index contributed by atoms with van der Waals surface area (Å²) in [5.74, 6) is 0.665. The van der Waals surface area contributed by atoms with Crippen molar-refractivity contribution in [3.8, 4) is 0 Å². The van der Waals surface area contributed by atoms with Crippen LogP contribution in [0.3, 0.4) is 0 Å². The molecule has 1 atom stereocenters. The Labute approximate surface area is 129 Å². The molecular weight excluding hydrogens is 272 g/mol. The van der Waals surface area contributed by atoms with Crippen LogP contribution in [0.1, 0.15) is 11.3 Å². The Morgan fingerprint density at radius 3 is 2.68 bits per heavy atom. The van der Waals surface area contributed by atoms with Crippen LogP contribution < -0.4 is 0 Å². The van der Waals surface area contributed by atoms with Gasteiger partial charge in [-0.05, 0) is 23.4 Å². The first-order valence-electron chi connectivity index (χ1n) is 7.49. The van der Waals surface area contributed by atoms with E-state index in [0.29, 0.717) is 12.5 Å². The van der Waals surface area contributed by atoms with E-state index in [-0.39, 0.29) is 6.04 Å². The Morgan fingerprint density at radius 2 is 1.77 bits per heavy atom. The normalized spacial score (nSPS) is 17.3. The maximum absolute atomic E-state index is 5.82. The third-order valence-electron chi connectivity index (χ3n) is 3.90. The van der Waals surface area contributed by atoms with E-state index in [1.807, 2.05) is 30.5 Å². The van der Waals surface area contributed by atoms with Crippen LogP contribution in [0.2, 0.25) is 0 Å². The predicted octanol–water partition coefficient (Wildman–Crippen LogP) is 3.62. The van der Waals surface area contributed by atoms with Crippen LogP contribution in [0.25, 0.3) is 10.8 Å². The molecule has 2 heterocycles. The fourth-order valence-corrected chi connectivity index (χ4v) is 2.83. The maximum atomic E-state index is 5.82. The van der Waals surface area contributed by atoms with Gasteiger partial charge in [0.15, 0.2) is 0 Å². The standard InChI is InChI=1S/C19H16N2O/c1-2-6-14(7-3-1)12-16-13-22-19(21-16)18-17-9-5-4-8-15(17)10-11-20-18/h1-11,16H,12-13H2. The van der Waals surface area contributed by atoms with Crippen LogP contribution in [-0.4, -0.2) is 23.5 Å². The maximum Gasteiger partial charge on any atom is 0.236 e. The molecule has 2 aromatic carbocycles. The third kappa shape index (κ3) is 2.46. The summed E-state index contributed by atoms with van der Waals surface area (Å²) in [6.07, 6.45) is 2.71. The summed E-state index contributed by atoms with van der Waals surface area (Å²) >= 11 is 0. The molecule has 3 aromatic rings. The molecule has 0 amide bonds. The van der Waals surface area contributed by atoms with Crippen molar-refractivity contribution in [2.24, 2.45) is 4.99 Å². The van der Waals surface area contributed by atoms with Gasteiger partial charge in [-0.15, -0.1) is 0 Å². The van der Waals surface area contributed by atoms with E-state index in [0.717, 1.165) is 22.9 Å². The Balaban J connectivity index is 1.64. The van der Waals surface area contributed by atoms with E-state index in [1.165, 1.54) is 5.56 Å². The molecule has 0 aliphatic carbocycles. The van der Waals surface area contributed by atoms with Gasteiger partial charge in [0.1, 0.15) is 12.3 Å². The number of hydrogen-bond donors (Lipinski definition) is 0. The fraction of sp³-hybridized carbons (Fsp3) is 0.158. The summed E-state index contributed by atoms with van der Waals surface area (Å²) < 4.78 is 5.82. The first-order valence-corrected chi connectivity index (χ1v) is 7.49. The van der Waals surface area contributed by atoms with Gasteiger partial charge in [-0.1, -0.05) is 54.6 Å². The third-order valence-corrected chi connectivity index (χ3v) is 3.90. The number of pyridine rings is 1. The quantitative estimate of drug-likeness (QED) is 0.737. The lowest BCUT2D eigenvalue weighted by molar-refractivity contribution is 0.316. The number of aromatic nitrogens is 1. The van der Waals surface area contributed by atoms with Gasteiger partial charge < -0.3 is 4.74 Å². The molecule has 1 aliphatic heterocycles. The summed E-state index contributed by atoms with van der Waals surface area (Å²) in [5, 5.41) is 2.24. The van der Waals surface area contributed by atoms with Crippen LogP contribution in [0.15, 0.2) is 71.9 Å². The molecule has 3 nitrogen and oxygen atoms in total. The summed E-state index contributed by atoms with van der Waals surface area (Å²) in [6.45, 7) is 0.620. The minimum atomic E-state index is 0.165. The molecular formula is C19H16N2O. The highest BCUT2D eigenvalue weighted by atomic mass is 16.5. The summed E-state index contributed by atoms with van der Waals surface area (Å²) in [5.41, 5.74) is 2.13. The molecule has 0 fully saturated rings. The molecule has 0 radical (unpaired) electrons. The second kappa shape index (κ2) is 5.60. The largest absolute Gasteiger partial charge is 0.474 e. The molecule has 1 unspecified atom stereocenters. The molecule has 3 heteroatoms. The Hall–Kier alpha value is -2.68. The lowest BCUT2D eigenvalue weighted by atomic mass is 10.1. The summed E-state index contributed by atoms with van der Waals surface area (Å²) in [4.78, 5) is 9.21. The van der Waals surface area contributed by atoms with E-state index in [4.69, 9.17) is 9.73 Å². The second-order valence-electron chi connectivity index (χ2n) is 5.47. The van der Waals surface area contributed by atoms with E-state index in [1.54, 1.807) is 0 Å². The van der Waals surface area contributed by atoms with Crippen LogP contribution in [-0.2, 0) is 11.2 Å². The summed E-state index contributed by atoms with van der Waals surface area (Å²) in [7, 11) is 0. The Bertz CT molecular complexity index is 822. The predicted molar refractivity (Wildman–Crippen MR) is 88.2 cm³/mol. The summed E-state index contributed by atoms with van der Waals surface area (Å²) in [6, 6.07) is 20.8. The van der Waals surface area contributed by atoms with Crippen molar-refractivity contribution in [3.05, 3.63) is 78.1 Å². The highest BCUT2D eigenvalue weighted by molar-refractivity contribution is 6.05. The molecule has 0 N–H and O–H groups in total. The topological polar surface area (TPSA) is 34.5 Å². The number of nitrogens with zero attached hydrogens (tertiary/aromatic N) is 2. The number of hydrogen-bond acceptors (Lipinski definition) is 3. The zero-order valence-electron chi connectivity index (χ0n) is 12.1. The fourth-order valence-electron chi connectivity index (χ4n) is 2.83. The van der Waals surface area contributed by atoms with Crippen molar-refractivity contribution in [1.29, 1.82) is 0 Å². The van der Waals surface area contributed by atoms with Gasteiger partial charge in [0.2, 0.25) is 5.90 Å². The minimum Gasteiger partial charge on any atom is -0.474 e. The molecule has 22 heavy (non-hydrogen) atoms. The molecule has 4 rings (SSSR count). The van der Waals surface area contributed by atoms with Gasteiger partial charge >= 0.3 is 0 Å². The lowest BCUT2D eigenvalue weighted by Gasteiger charge is -2.04. The van der Waals surface area contributed by atoms with Crippen LogP contribution in [0.4, 0.5) is 0 Å². The minimum absolute atomic E-state index is 0.165. The monoisotopic (exact) mass is 288 g/mol. The van der Waals surface area contributed by atoms with Crippen molar-refractivity contribution in [3.63, 3.8) is 0 Å². The zero-order valence-corrected chi connectivity index (χ0v) is 12.1. The highest BCUT2D eigenvalue weighted by Crippen LogP contribution is 2.21. The van der Waals surface area contributed by atoms with Crippen LogP contribution in [0.5, 0.6) is 0 Å². The van der Waals surface area contributed by atoms with Gasteiger partial charge in [0.25, 0.3) is 0 Å². The number of fused-ring (bicyclic) bond motifs is 1. The number of ether oxygens (including phenoxy) is 1. The first kappa shape index (κ1) is 13.0. The van der Waals surface area contributed by atoms with Crippen molar-refractivity contribution < 1.29 is 4.74 Å². The van der Waals surface area contributed by atoms with E-state index < -0.39 is 0 Å². The van der Waals surface area contributed by atoms with Crippen molar-refractivity contribution in [2.75, 3.05) is 6.61 Å². The number of aliphatic imine (C=N–C) groups is 1. The SMILES string of the molecule is c1ccc(CC2COC(c3nccc4ccccc34)=N2)cc1. The molecule has 0 spiro atoms. The van der Waals surface area contributed by atoms with Gasteiger partial charge in [-0.2, -0.15) is 0 Å². The van der Waals surface area contributed by atoms with E-state index in [9.17, 15) is 0 Å². The van der Waals surface area contributed by atoms with Gasteiger partial charge in [-0.25, -0.2) is 4.99 Å². The molecule has 108 valence electrons. The van der Waals surface area contributed by atoms with Crippen LogP contribution >= 0.6 is 0 Å². The van der Waals surface area contributed by atoms with E-state index >= 15 is 0 Å². The van der Waals surface area contributed by atoms with Crippen molar-refractivity contribution >= 4 is 16.7 Å². The number of benzene rings is 2. The molecule has 1 aromatic heterocycles. The Kier molecular flexibility index (Phi) is 3.31. The molecule has 0 bridgehead atoms. The smallest absolute Gasteiger partial charge is 0.236 e. The van der Waals surface area contributed by atoms with Crippen LogP contribution in [0, 0.1) is 0 Å². The number of rotatable bonds is 3. The van der Waals surface area contributed by atoms with E-state index in [2.05, 4.69) is 41.4 Å². The van der Waals surface area contributed by atoms with Crippen molar-refractivity contribution in [2.45, 2.75) is 12.5 Å². The zero-order chi connectivity index (χ0) is 14.8. The van der Waals surface area contributed by atoms with Gasteiger partial charge in [0.05, 0.1) is 6.04 Å². The lowest BCUT2D eigenvalue weighted by Crippen LogP contribution is -2.09. The van der Waals surface area contributed by atoms with Crippen molar-refractivity contribution in [1.82, 2.24) is 4.98 Å². The molecule has 1 aliphatic rings. The molecule has 0 saturated carbocycles. The highest BCUT2D eigenvalue weighted by Gasteiger charge is 2.22. The van der Waals surface area contributed by atoms with Gasteiger partial charge in [0, 0.05) is 11.6 Å².